The van der Waals surface area contributed by atoms with E-state index < -0.39 is 18.4 Å². The van der Waals surface area contributed by atoms with Crippen molar-refractivity contribution in [2.75, 3.05) is 6.61 Å². The molecular formula is C12H12N2O4S. The molecule has 0 spiro atoms. The Morgan fingerprint density at radius 1 is 1.42 bits per heavy atom. The van der Waals surface area contributed by atoms with Gasteiger partial charge in [0.1, 0.15) is 22.4 Å². The normalized spacial score (nSPS) is 12.3. The number of aromatic nitrogens is 1. The average Bonchev–Trinajstić information content (AvgIpc) is 2.78. The minimum absolute atomic E-state index is 0.0536. The third kappa shape index (κ3) is 2.67. The molecule has 0 fully saturated rings. The molecule has 0 radical (unpaired) electrons. The van der Waals surface area contributed by atoms with Gasteiger partial charge in [0.2, 0.25) is 5.91 Å². The van der Waals surface area contributed by atoms with Crippen molar-refractivity contribution >= 4 is 17.2 Å². The minimum atomic E-state index is -0.849. The number of nitrogens with two attached hydrogens (primary N) is 1. The zero-order valence-electron chi connectivity index (χ0n) is 9.78. The summed E-state index contributed by atoms with van der Waals surface area (Å²) >= 11 is 1.17. The predicted molar refractivity (Wildman–Crippen MR) is 69.9 cm³/mol. The monoisotopic (exact) mass is 280 g/mol. The molecule has 1 unspecified atom stereocenters. The topological polar surface area (TPSA) is 117 Å². The molecule has 1 aromatic heterocycles. The zero-order valence-corrected chi connectivity index (χ0v) is 10.6. The highest BCUT2D eigenvalue weighted by Gasteiger charge is 2.21. The number of phenolic OH excluding ortho intramolecular Hbond substituents is 2. The summed E-state index contributed by atoms with van der Waals surface area (Å²) in [4.78, 5) is 15.3. The molecule has 0 aliphatic rings. The van der Waals surface area contributed by atoms with Gasteiger partial charge in [-0.3, -0.25) is 4.79 Å². The third-order valence-electron chi connectivity index (χ3n) is 2.60. The molecule has 0 aliphatic carbocycles. The Bertz CT molecular complexity index is 612. The molecular weight excluding hydrogens is 268 g/mol. The van der Waals surface area contributed by atoms with Gasteiger partial charge >= 0.3 is 0 Å². The van der Waals surface area contributed by atoms with Gasteiger partial charge in [-0.05, 0) is 12.1 Å². The van der Waals surface area contributed by atoms with E-state index in [-0.39, 0.29) is 11.5 Å². The minimum Gasteiger partial charge on any atom is -0.508 e. The van der Waals surface area contributed by atoms with E-state index in [0.717, 1.165) is 0 Å². The Hall–Kier alpha value is -2.12. The van der Waals surface area contributed by atoms with Crippen LogP contribution in [0.3, 0.4) is 0 Å². The van der Waals surface area contributed by atoms with Crippen LogP contribution in [0.4, 0.5) is 0 Å². The van der Waals surface area contributed by atoms with Gasteiger partial charge in [-0.25, -0.2) is 4.98 Å². The molecule has 0 bridgehead atoms. The summed E-state index contributed by atoms with van der Waals surface area (Å²) in [6.45, 7) is -0.413. The summed E-state index contributed by atoms with van der Waals surface area (Å²) in [5.41, 5.74) is 6.05. The Kier molecular flexibility index (Phi) is 3.68. The summed E-state index contributed by atoms with van der Waals surface area (Å²) < 4.78 is 0. The first kappa shape index (κ1) is 13.3. The highest BCUT2D eigenvalue weighted by molar-refractivity contribution is 7.10. The lowest BCUT2D eigenvalue weighted by Gasteiger charge is -2.05. The van der Waals surface area contributed by atoms with Gasteiger partial charge < -0.3 is 21.1 Å². The Labute approximate surface area is 112 Å². The number of hydrogen-bond donors (Lipinski definition) is 4. The number of carbonyl (C=O) groups excluding carboxylic acids is 1. The Morgan fingerprint density at radius 3 is 2.74 bits per heavy atom. The number of amides is 1. The first-order valence-corrected chi connectivity index (χ1v) is 6.29. The molecule has 1 atom stereocenters. The van der Waals surface area contributed by atoms with E-state index in [0.29, 0.717) is 16.3 Å². The molecule has 5 N–H and O–H groups in total. The van der Waals surface area contributed by atoms with Crippen LogP contribution in [-0.2, 0) is 4.79 Å². The fraction of sp³-hybridized carbons (Fsp3) is 0.167. The maximum absolute atomic E-state index is 11.1. The van der Waals surface area contributed by atoms with Gasteiger partial charge in [-0.1, -0.05) is 0 Å². The molecule has 7 heteroatoms. The first-order valence-electron chi connectivity index (χ1n) is 5.41. The van der Waals surface area contributed by atoms with Gasteiger partial charge in [-0.2, -0.15) is 0 Å². The quantitative estimate of drug-likeness (QED) is 0.660. The molecule has 0 aliphatic heterocycles. The lowest BCUT2D eigenvalue weighted by Crippen LogP contribution is -2.24. The number of rotatable bonds is 4. The van der Waals surface area contributed by atoms with E-state index in [1.165, 1.54) is 29.5 Å². The molecule has 2 rings (SSSR count). The van der Waals surface area contributed by atoms with Gasteiger partial charge in [-0.15, -0.1) is 11.3 Å². The number of phenols is 2. The standard InChI is InChI=1S/C12H12N2O4S/c13-11(18)8(4-15)12-14-9(5-19-12)7-2-1-6(16)3-10(7)17/h1-3,5,8,15-17H,4H2,(H2,13,18). The molecule has 1 aromatic carbocycles. The summed E-state index contributed by atoms with van der Waals surface area (Å²) in [6, 6.07) is 4.14. The number of aliphatic hydroxyl groups is 1. The van der Waals surface area contributed by atoms with Crippen molar-refractivity contribution in [1.82, 2.24) is 4.98 Å². The van der Waals surface area contributed by atoms with Crippen molar-refractivity contribution < 1.29 is 20.1 Å². The second-order valence-electron chi connectivity index (χ2n) is 3.91. The fourth-order valence-electron chi connectivity index (χ4n) is 1.60. The molecule has 19 heavy (non-hydrogen) atoms. The lowest BCUT2D eigenvalue weighted by atomic mass is 10.1. The van der Waals surface area contributed by atoms with Gasteiger partial charge in [0, 0.05) is 17.0 Å². The number of aromatic hydroxyl groups is 2. The summed E-state index contributed by atoms with van der Waals surface area (Å²) in [7, 11) is 0. The maximum atomic E-state index is 11.1. The fourth-order valence-corrected chi connectivity index (χ4v) is 2.52. The smallest absolute Gasteiger partial charge is 0.229 e. The molecule has 1 amide bonds. The van der Waals surface area contributed by atoms with E-state index in [1.807, 2.05) is 0 Å². The summed E-state index contributed by atoms with van der Waals surface area (Å²) in [6.07, 6.45) is 0. The molecule has 6 nitrogen and oxygen atoms in total. The van der Waals surface area contributed by atoms with Crippen molar-refractivity contribution in [2.24, 2.45) is 5.73 Å². The predicted octanol–water partition coefficient (Wildman–Crippen LogP) is 0.782. The van der Waals surface area contributed by atoms with Gasteiger partial charge in [0.15, 0.2) is 0 Å². The highest BCUT2D eigenvalue weighted by Crippen LogP contribution is 2.33. The van der Waals surface area contributed by atoms with Crippen LogP contribution >= 0.6 is 11.3 Å². The molecule has 0 saturated carbocycles. The number of carbonyl (C=O) groups is 1. The van der Waals surface area contributed by atoms with E-state index >= 15 is 0 Å². The number of primary amides is 1. The van der Waals surface area contributed by atoms with Crippen LogP contribution in [0.15, 0.2) is 23.6 Å². The van der Waals surface area contributed by atoms with Crippen LogP contribution in [0.5, 0.6) is 11.5 Å². The molecule has 0 saturated heterocycles. The van der Waals surface area contributed by atoms with Crippen LogP contribution in [-0.4, -0.2) is 32.8 Å². The van der Waals surface area contributed by atoms with Crippen molar-refractivity contribution in [3.8, 4) is 22.8 Å². The van der Waals surface area contributed by atoms with Crippen molar-refractivity contribution in [2.45, 2.75) is 5.92 Å². The molecule has 1 heterocycles. The summed E-state index contributed by atoms with van der Waals surface area (Å²) in [5, 5.41) is 30.1. The number of benzene rings is 1. The van der Waals surface area contributed by atoms with Gasteiger partial charge in [0.05, 0.1) is 12.3 Å². The second-order valence-corrected chi connectivity index (χ2v) is 4.80. The first-order chi connectivity index (χ1) is 9.02. The number of nitrogens with zero attached hydrogens (tertiary/aromatic N) is 1. The van der Waals surface area contributed by atoms with E-state index in [2.05, 4.69) is 4.98 Å². The van der Waals surface area contributed by atoms with E-state index in [1.54, 1.807) is 5.38 Å². The van der Waals surface area contributed by atoms with Crippen LogP contribution in [0.25, 0.3) is 11.3 Å². The van der Waals surface area contributed by atoms with Crippen LogP contribution in [0.2, 0.25) is 0 Å². The maximum Gasteiger partial charge on any atom is 0.229 e. The Morgan fingerprint density at radius 2 is 2.16 bits per heavy atom. The number of aliphatic hydroxyl groups excluding tert-OH is 1. The molecule has 100 valence electrons. The van der Waals surface area contributed by atoms with Crippen LogP contribution in [0.1, 0.15) is 10.9 Å². The number of thiazole rings is 1. The van der Waals surface area contributed by atoms with Crippen molar-refractivity contribution in [1.29, 1.82) is 0 Å². The van der Waals surface area contributed by atoms with Crippen LogP contribution in [0, 0.1) is 0 Å². The largest absolute Gasteiger partial charge is 0.508 e. The Balaban J connectivity index is 2.38. The summed E-state index contributed by atoms with van der Waals surface area (Å²) in [5.74, 6) is -1.67. The lowest BCUT2D eigenvalue weighted by molar-refractivity contribution is -0.120. The van der Waals surface area contributed by atoms with Crippen LogP contribution < -0.4 is 5.73 Å². The highest BCUT2D eigenvalue weighted by atomic mass is 32.1. The second kappa shape index (κ2) is 5.25. The van der Waals surface area contributed by atoms with E-state index in [9.17, 15) is 15.0 Å². The number of hydrogen-bond acceptors (Lipinski definition) is 6. The van der Waals surface area contributed by atoms with Crippen molar-refractivity contribution in [3.05, 3.63) is 28.6 Å². The SMILES string of the molecule is NC(=O)C(CO)c1nc(-c2ccc(O)cc2O)cs1. The zero-order chi connectivity index (χ0) is 14.0. The van der Waals surface area contributed by atoms with E-state index in [4.69, 9.17) is 10.8 Å². The van der Waals surface area contributed by atoms with Crippen molar-refractivity contribution in [3.63, 3.8) is 0 Å². The molecule has 2 aromatic rings. The average molecular weight is 280 g/mol. The third-order valence-corrected chi connectivity index (χ3v) is 3.56. The van der Waals surface area contributed by atoms with Gasteiger partial charge in [0.25, 0.3) is 0 Å².